The van der Waals surface area contributed by atoms with Crippen LogP contribution < -0.4 is 27.0 Å². The quantitative estimate of drug-likeness (QED) is 0.0165. The summed E-state index contributed by atoms with van der Waals surface area (Å²) in [6.07, 6.45) is 34.4. The first kappa shape index (κ1) is 57.7. The molecular formula is C62H68N12S3. The second-order valence-electron chi connectivity index (χ2n) is 17.5. The van der Waals surface area contributed by atoms with E-state index in [0.29, 0.717) is 12.2 Å². The molecule has 0 amide bonds. The van der Waals surface area contributed by atoms with E-state index in [1.807, 2.05) is 175 Å². The lowest BCUT2D eigenvalue weighted by Gasteiger charge is -2.12. The highest BCUT2D eigenvalue weighted by Crippen LogP contribution is 2.35. The van der Waals surface area contributed by atoms with Crippen LogP contribution in [0.2, 0.25) is 0 Å². The van der Waals surface area contributed by atoms with Crippen LogP contribution in [0.15, 0.2) is 206 Å². The van der Waals surface area contributed by atoms with Crippen molar-refractivity contribution in [2.24, 2.45) is 4.99 Å². The Morgan fingerprint density at radius 2 is 1.56 bits per heavy atom. The smallest absolute Gasteiger partial charge is 0.188 e. The first-order valence-electron chi connectivity index (χ1n) is 25.0. The summed E-state index contributed by atoms with van der Waals surface area (Å²) in [6.45, 7) is 25.2. The van der Waals surface area contributed by atoms with Gasteiger partial charge >= 0.3 is 0 Å². The second kappa shape index (κ2) is 29.5. The molecule has 77 heavy (non-hydrogen) atoms. The summed E-state index contributed by atoms with van der Waals surface area (Å²) in [5, 5.41) is 16.1. The van der Waals surface area contributed by atoms with Crippen molar-refractivity contribution in [3.05, 3.63) is 222 Å². The van der Waals surface area contributed by atoms with Crippen LogP contribution in [-0.4, -0.2) is 34.6 Å². The summed E-state index contributed by atoms with van der Waals surface area (Å²) >= 11 is 4.79. The predicted molar refractivity (Wildman–Crippen MR) is 334 cm³/mol. The molecule has 0 spiro atoms. The molecule has 0 unspecified atom stereocenters. The summed E-state index contributed by atoms with van der Waals surface area (Å²) in [5.74, 6) is 2.68. The number of allylic oxidation sites excluding steroid dienone is 11. The van der Waals surface area contributed by atoms with Gasteiger partial charge in [-0.2, -0.15) is 0 Å². The Kier molecular flexibility index (Phi) is 22.1. The Morgan fingerprint density at radius 3 is 2.29 bits per heavy atom. The number of benzene rings is 2. The van der Waals surface area contributed by atoms with Gasteiger partial charge in [-0.1, -0.05) is 108 Å². The van der Waals surface area contributed by atoms with E-state index in [-0.39, 0.29) is 0 Å². The first-order valence-corrected chi connectivity index (χ1v) is 27.4. The largest absolute Gasteiger partial charge is 0.397 e. The number of anilines is 6. The van der Waals surface area contributed by atoms with Crippen molar-refractivity contribution in [1.82, 2.24) is 28.9 Å². The van der Waals surface area contributed by atoms with Gasteiger partial charge in [-0.15, -0.1) is 23.7 Å². The molecule has 0 fully saturated rings. The number of thiophene rings is 1. The van der Waals surface area contributed by atoms with Crippen LogP contribution in [0, 0.1) is 19.3 Å². The zero-order valence-corrected chi connectivity index (χ0v) is 47.6. The first-order chi connectivity index (χ1) is 37.3. The van der Waals surface area contributed by atoms with Gasteiger partial charge in [0.05, 0.1) is 55.8 Å². The van der Waals surface area contributed by atoms with Gasteiger partial charge in [-0.25, -0.2) is 19.9 Å². The lowest BCUT2D eigenvalue weighted by atomic mass is 10.1. The van der Waals surface area contributed by atoms with Crippen molar-refractivity contribution in [1.29, 1.82) is 0 Å². The molecule has 12 nitrogen and oxygen atoms in total. The van der Waals surface area contributed by atoms with Crippen LogP contribution in [0.3, 0.4) is 0 Å². The number of imidazole rings is 2. The fraction of sp³-hybridized carbons (Fsp3) is 0.177. The molecule has 8 rings (SSSR count). The molecule has 394 valence electrons. The van der Waals surface area contributed by atoms with Gasteiger partial charge in [0.2, 0.25) is 0 Å². The number of nitrogens with one attached hydrogen (secondary N) is 4. The van der Waals surface area contributed by atoms with E-state index in [4.69, 9.17) is 12.2 Å². The number of nitrogens with two attached hydrogens (primary N) is 1. The number of para-hydroxylation sites is 3. The van der Waals surface area contributed by atoms with Crippen molar-refractivity contribution in [3.63, 3.8) is 0 Å². The lowest BCUT2D eigenvalue weighted by Crippen LogP contribution is -2.03. The minimum Gasteiger partial charge on any atom is -0.397 e. The van der Waals surface area contributed by atoms with Crippen molar-refractivity contribution >= 4 is 89.0 Å². The third kappa shape index (κ3) is 17.5. The molecule has 15 heteroatoms. The molecule has 8 aromatic rings. The third-order valence-electron chi connectivity index (χ3n) is 11.6. The van der Waals surface area contributed by atoms with Crippen LogP contribution in [0.5, 0.6) is 0 Å². The number of fused-ring (bicyclic) bond motifs is 1. The van der Waals surface area contributed by atoms with Crippen LogP contribution in [0.4, 0.5) is 32.3 Å². The molecule has 2 aromatic carbocycles. The number of thiazole rings is 2. The number of hydrogen-bond acceptors (Lipinski definition) is 13. The number of aryl methyl sites for hydroxylation is 1. The molecule has 0 saturated carbocycles. The number of rotatable bonds is 20. The van der Waals surface area contributed by atoms with Crippen LogP contribution in [-0.2, 0) is 6.54 Å². The molecule has 6 N–H and O–H groups in total. The minimum absolute atomic E-state index is 0.686. The third-order valence-corrected chi connectivity index (χ3v) is 14.6. The molecule has 0 radical (unpaired) electrons. The predicted octanol–water partition coefficient (Wildman–Crippen LogP) is 16.8. The van der Waals surface area contributed by atoms with Gasteiger partial charge in [0, 0.05) is 71.6 Å². The highest BCUT2D eigenvalue weighted by Gasteiger charge is 2.14. The molecule has 0 atom stereocenters. The van der Waals surface area contributed by atoms with E-state index in [1.54, 1.807) is 40.2 Å². The molecule has 0 aliphatic heterocycles. The summed E-state index contributed by atoms with van der Waals surface area (Å²) in [4.78, 5) is 25.6. The van der Waals surface area contributed by atoms with Gasteiger partial charge in [0.15, 0.2) is 10.3 Å². The Morgan fingerprint density at radius 1 is 0.792 bits per heavy atom. The minimum atomic E-state index is 0.686. The van der Waals surface area contributed by atoms with E-state index in [9.17, 15) is 0 Å². The molecule has 0 saturated heterocycles. The zero-order valence-electron chi connectivity index (χ0n) is 45.1. The number of nitrogen functional groups attached to an aromatic ring is 1. The summed E-state index contributed by atoms with van der Waals surface area (Å²) in [5.41, 5.74) is 19.8. The van der Waals surface area contributed by atoms with Gasteiger partial charge in [0.25, 0.3) is 0 Å². The van der Waals surface area contributed by atoms with E-state index >= 15 is 0 Å². The van der Waals surface area contributed by atoms with Crippen molar-refractivity contribution in [2.75, 3.05) is 27.0 Å². The maximum absolute atomic E-state index is 6.02. The van der Waals surface area contributed by atoms with E-state index in [2.05, 4.69) is 113 Å². The molecule has 0 aliphatic carbocycles. The number of aliphatic imine (C=N–C) groups is 1. The van der Waals surface area contributed by atoms with Crippen molar-refractivity contribution in [2.45, 2.75) is 74.8 Å². The molecule has 6 heterocycles. The maximum Gasteiger partial charge on any atom is 0.188 e. The monoisotopic (exact) mass is 1080 g/mol. The zero-order chi connectivity index (χ0) is 55.1. The summed E-state index contributed by atoms with van der Waals surface area (Å²) < 4.78 is 4.23. The van der Waals surface area contributed by atoms with Crippen LogP contribution in [0.25, 0.3) is 27.5 Å². The Labute approximate surface area is 466 Å². The Bertz CT molecular complexity index is 3500. The molecule has 0 bridgehead atoms. The molecule has 6 aromatic heterocycles. The molecule has 0 aliphatic rings. The number of aromatic nitrogens is 6. The van der Waals surface area contributed by atoms with E-state index < -0.39 is 0 Å². The Hall–Kier alpha value is -8.55. The van der Waals surface area contributed by atoms with Crippen LogP contribution in [0.1, 0.15) is 82.3 Å². The fourth-order valence-electron chi connectivity index (χ4n) is 7.05. The second-order valence-corrected chi connectivity index (χ2v) is 20.7. The normalized spacial score (nSPS) is 12.2. The highest BCUT2D eigenvalue weighted by molar-refractivity contribution is 7.19. The topological polar surface area (TPSA) is 147 Å². The highest BCUT2D eigenvalue weighted by atomic mass is 32.1. The summed E-state index contributed by atoms with van der Waals surface area (Å²) in [6, 6.07) is 26.0. The van der Waals surface area contributed by atoms with Gasteiger partial charge in [-0.3, -0.25) is 9.39 Å². The number of terminal acetylenes is 1. The Balaban J connectivity index is 0.000000233. The van der Waals surface area contributed by atoms with E-state index in [0.717, 1.165) is 105 Å². The molecular weight excluding hydrogens is 1010 g/mol. The standard InChI is InChI=1S/C29H29N7S.C29H31N5S2.C4H8/c1-20(23(4)34-25-10-6-5-8-21(25)2)12-13-22(3)33-29-32-17-27(37-29)26-16-31-28-11-7-9-24(36(26)28)18-35-15-14-30-19-35;1-6-8-11-23(7-2)15-14-21(4)31-18-20(3)27-19-32-29(36-27)34-28-17-16-26(35-28)22(5)33-25-13-10-9-12-24(25)30;1-3-4-2/h5-17,19,34H,4,18H2,1-3H3,(H,32,33);1,7,9-10,12-19,33H,5,8,11,30H2,2-4H3,(H,32,34);3-4H,1-2H3/b20-12+,22-13+;15-14-,20-18+,23-7-,31-21+;4-3-. The van der Waals surface area contributed by atoms with Crippen molar-refractivity contribution in [3.8, 4) is 22.9 Å². The number of nitrogens with zero attached hydrogens (tertiary/aromatic N) is 7. The van der Waals surface area contributed by atoms with Crippen molar-refractivity contribution < 1.29 is 0 Å². The van der Waals surface area contributed by atoms with Crippen LogP contribution >= 0.6 is 34.0 Å². The number of pyridine rings is 1. The van der Waals surface area contributed by atoms with Gasteiger partial charge < -0.3 is 31.6 Å². The lowest BCUT2D eigenvalue weighted by molar-refractivity contribution is 0.762. The fourth-order valence-corrected chi connectivity index (χ4v) is 9.62. The van der Waals surface area contributed by atoms with Gasteiger partial charge in [-0.05, 0) is 133 Å². The van der Waals surface area contributed by atoms with E-state index in [1.165, 1.54) is 11.1 Å². The SMILES string of the molecule is C#CCCC(/C=C\C(C)=N\C=C(/C)c1cnc(Nc2ccc(C(=C)Nc3ccccc3N)s2)s1)=C/C.C/C=C\C.C=C(Nc1ccccc1C)/C(C)=C/C=C(\C)Nc1ncc(-c2cnc3cccc(Cn4ccnc4)n23)s1. The van der Waals surface area contributed by atoms with Gasteiger partial charge in [0.1, 0.15) is 5.65 Å². The number of hydrogen-bond donors (Lipinski definition) is 5. The summed E-state index contributed by atoms with van der Waals surface area (Å²) in [7, 11) is 0. The average molecular weight is 1080 g/mol. The maximum atomic E-state index is 6.02. The average Bonchev–Trinajstić information content (AvgIpc) is 4.33.